The van der Waals surface area contributed by atoms with Crippen molar-refractivity contribution in [2.45, 2.75) is 45.2 Å². The molecule has 2 atom stereocenters. The van der Waals surface area contributed by atoms with Crippen LogP contribution in [0, 0.1) is 5.92 Å². The van der Waals surface area contributed by atoms with E-state index in [1.807, 2.05) is 0 Å². The van der Waals surface area contributed by atoms with Crippen LogP contribution in [-0.4, -0.2) is 23.5 Å². The molecule has 0 bridgehead atoms. The minimum Gasteiger partial charge on any atom is -0.298 e. The van der Waals surface area contributed by atoms with Crippen LogP contribution in [-0.2, 0) is 0 Å². The Balaban J connectivity index is 1.99. The molecule has 2 unspecified atom stereocenters. The monoisotopic (exact) mass is 139 g/mol. The maximum Gasteiger partial charge on any atom is 0.0127 e. The van der Waals surface area contributed by atoms with E-state index in [9.17, 15) is 0 Å². The van der Waals surface area contributed by atoms with Gasteiger partial charge in [-0.3, -0.25) is 4.90 Å². The third-order valence-corrected chi connectivity index (χ3v) is 3.22. The molecule has 1 aliphatic carbocycles. The minimum atomic E-state index is 0.787. The van der Waals surface area contributed by atoms with E-state index in [2.05, 4.69) is 18.7 Å². The molecule has 0 radical (unpaired) electrons. The second-order valence-corrected chi connectivity index (χ2v) is 4.03. The van der Waals surface area contributed by atoms with Gasteiger partial charge in [0.2, 0.25) is 0 Å². The normalized spacial score (nSPS) is 39.9. The molecule has 0 N–H and O–H groups in total. The van der Waals surface area contributed by atoms with Crippen molar-refractivity contribution in [3.63, 3.8) is 0 Å². The zero-order chi connectivity index (χ0) is 7.14. The van der Waals surface area contributed by atoms with Gasteiger partial charge >= 0.3 is 0 Å². The lowest BCUT2D eigenvalue weighted by atomic mass is 9.80. The summed E-state index contributed by atoms with van der Waals surface area (Å²) in [6.07, 6.45) is 4.46. The van der Waals surface area contributed by atoms with Gasteiger partial charge < -0.3 is 0 Å². The highest BCUT2D eigenvalue weighted by molar-refractivity contribution is 4.95. The van der Waals surface area contributed by atoms with E-state index in [0.29, 0.717) is 0 Å². The van der Waals surface area contributed by atoms with Crippen LogP contribution >= 0.6 is 0 Å². The molecule has 1 aliphatic heterocycles. The fourth-order valence-corrected chi connectivity index (χ4v) is 2.45. The molecular weight excluding hydrogens is 122 g/mol. The topological polar surface area (TPSA) is 3.24 Å². The van der Waals surface area contributed by atoms with Crippen molar-refractivity contribution >= 4 is 0 Å². The summed E-state index contributed by atoms with van der Waals surface area (Å²) in [5, 5.41) is 0. The van der Waals surface area contributed by atoms with Crippen LogP contribution in [0.25, 0.3) is 0 Å². The van der Waals surface area contributed by atoms with Crippen LogP contribution in [0.15, 0.2) is 0 Å². The van der Waals surface area contributed by atoms with Gasteiger partial charge in [-0.2, -0.15) is 0 Å². The van der Waals surface area contributed by atoms with Gasteiger partial charge in [0.05, 0.1) is 0 Å². The number of likely N-dealkylation sites (tertiary alicyclic amines) is 1. The van der Waals surface area contributed by atoms with Gasteiger partial charge in [0, 0.05) is 12.1 Å². The molecule has 1 saturated heterocycles. The van der Waals surface area contributed by atoms with Crippen molar-refractivity contribution in [2.75, 3.05) is 6.54 Å². The SMILES string of the molecule is CC(C)N1CCC2CCC21. The Morgan fingerprint density at radius 3 is 2.30 bits per heavy atom. The van der Waals surface area contributed by atoms with Crippen LogP contribution in [0.2, 0.25) is 0 Å². The average molecular weight is 139 g/mol. The third-order valence-electron chi connectivity index (χ3n) is 3.22. The second-order valence-electron chi connectivity index (χ2n) is 4.03. The van der Waals surface area contributed by atoms with Crippen LogP contribution in [0.5, 0.6) is 0 Å². The Morgan fingerprint density at radius 2 is 2.00 bits per heavy atom. The first-order valence-corrected chi connectivity index (χ1v) is 4.55. The van der Waals surface area contributed by atoms with Crippen molar-refractivity contribution in [3.05, 3.63) is 0 Å². The van der Waals surface area contributed by atoms with E-state index in [1.54, 1.807) is 0 Å². The molecule has 0 aromatic carbocycles. The molecule has 0 spiro atoms. The van der Waals surface area contributed by atoms with Crippen molar-refractivity contribution in [1.29, 1.82) is 0 Å². The third kappa shape index (κ3) is 0.800. The van der Waals surface area contributed by atoms with Crippen molar-refractivity contribution in [3.8, 4) is 0 Å². The standard InChI is InChI=1S/C9H17N/c1-7(2)10-6-5-8-3-4-9(8)10/h7-9H,3-6H2,1-2H3. The predicted octanol–water partition coefficient (Wildman–Crippen LogP) is 1.88. The first-order valence-electron chi connectivity index (χ1n) is 4.55. The molecule has 0 aromatic heterocycles. The van der Waals surface area contributed by atoms with E-state index in [0.717, 1.165) is 18.0 Å². The molecule has 1 heterocycles. The van der Waals surface area contributed by atoms with E-state index in [-0.39, 0.29) is 0 Å². The largest absolute Gasteiger partial charge is 0.298 e. The first kappa shape index (κ1) is 6.66. The smallest absolute Gasteiger partial charge is 0.0127 e. The fraction of sp³-hybridized carbons (Fsp3) is 1.00. The molecular formula is C9H17N. The summed E-state index contributed by atoms with van der Waals surface area (Å²) >= 11 is 0. The van der Waals surface area contributed by atoms with Crippen molar-refractivity contribution in [2.24, 2.45) is 5.92 Å². The van der Waals surface area contributed by atoms with Crippen LogP contribution in [0.3, 0.4) is 0 Å². The lowest BCUT2D eigenvalue weighted by Crippen LogP contribution is -2.42. The number of nitrogens with zero attached hydrogens (tertiary/aromatic N) is 1. The summed E-state index contributed by atoms with van der Waals surface area (Å²) in [7, 11) is 0. The van der Waals surface area contributed by atoms with Crippen molar-refractivity contribution < 1.29 is 0 Å². The molecule has 1 saturated carbocycles. The molecule has 10 heavy (non-hydrogen) atoms. The summed E-state index contributed by atoms with van der Waals surface area (Å²) < 4.78 is 0. The lowest BCUT2D eigenvalue weighted by Gasteiger charge is -2.38. The molecule has 1 nitrogen and oxygen atoms in total. The molecule has 2 rings (SSSR count). The minimum absolute atomic E-state index is 0.787. The van der Waals surface area contributed by atoms with E-state index < -0.39 is 0 Å². The highest BCUT2D eigenvalue weighted by Gasteiger charge is 2.41. The maximum atomic E-state index is 2.67. The fourth-order valence-electron chi connectivity index (χ4n) is 2.45. The second kappa shape index (κ2) is 2.23. The average Bonchev–Trinajstić information content (AvgIpc) is 2.07. The molecule has 1 heteroatoms. The van der Waals surface area contributed by atoms with Crippen LogP contribution < -0.4 is 0 Å². The first-order chi connectivity index (χ1) is 4.79. The molecule has 0 aromatic rings. The maximum absolute atomic E-state index is 2.67. The zero-order valence-corrected chi connectivity index (χ0v) is 7.01. The van der Waals surface area contributed by atoms with Gasteiger partial charge in [-0.05, 0) is 45.6 Å². The quantitative estimate of drug-likeness (QED) is 0.536. The lowest BCUT2D eigenvalue weighted by molar-refractivity contribution is 0.114. The summed E-state index contributed by atoms with van der Waals surface area (Å²) in [4.78, 5) is 2.67. The van der Waals surface area contributed by atoms with E-state index in [1.165, 1.54) is 25.8 Å². The number of hydrogen-bond donors (Lipinski definition) is 0. The zero-order valence-electron chi connectivity index (χ0n) is 7.01. The molecule has 58 valence electrons. The summed E-state index contributed by atoms with van der Waals surface area (Å²) in [6, 6.07) is 1.77. The van der Waals surface area contributed by atoms with Gasteiger partial charge in [-0.25, -0.2) is 0 Å². The Hall–Kier alpha value is -0.0400. The van der Waals surface area contributed by atoms with E-state index >= 15 is 0 Å². The highest BCUT2D eigenvalue weighted by atomic mass is 15.2. The summed E-state index contributed by atoms with van der Waals surface area (Å²) in [5.74, 6) is 1.09. The Labute approximate surface area is 63.4 Å². The van der Waals surface area contributed by atoms with E-state index in [4.69, 9.17) is 0 Å². The molecule has 2 aliphatic rings. The molecule has 2 fully saturated rings. The van der Waals surface area contributed by atoms with Crippen LogP contribution in [0.1, 0.15) is 33.1 Å². The highest BCUT2D eigenvalue weighted by Crippen LogP contribution is 2.40. The van der Waals surface area contributed by atoms with Gasteiger partial charge in [-0.1, -0.05) is 0 Å². The van der Waals surface area contributed by atoms with Gasteiger partial charge in [-0.15, -0.1) is 0 Å². The Kier molecular flexibility index (Phi) is 1.48. The van der Waals surface area contributed by atoms with Crippen molar-refractivity contribution in [1.82, 2.24) is 4.90 Å². The Morgan fingerprint density at radius 1 is 1.20 bits per heavy atom. The van der Waals surface area contributed by atoms with Gasteiger partial charge in [0.1, 0.15) is 0 Å². The summed E-state index contributed by atoms with van der Waals surface area (Å²) in [6.45, 7) is 6.01. The number of fused-ring (bicyclic) bond motifs is 1. The Bertz CT molecular complexity index is 131. The van der Waals surface area contributed by atoms with Gasteiger partial charge in [0.15, 0.2) is 0 Å². The number of hydrogen-bond acceptors (Lipinski definition) is 1. The predicted molar refractivity (Wildman–Crippen MR) is 43.0 cm³/mol. The molecule has 0 amide bonds. The van der Waals surface area contributed by atoms with Crippen LogP contribution in [0.4, 0.5) is 0 Å². The number of rotatable bonds is 1. The summed E-state index contributed by atoms with van der Waals surface area (Å²) in [5.41, 5.74) is 0. The van der Waals surface area contributed by atoms with Gasteiger partial charge in [0.25, 0.3) is 0 Å².